The molecule has 0 saturated heterocycles. The summed E-state index contributed by atoms with van der Waals surface area (Å²) < 4.78 is 0. The number of aromatic nitrogens is 1. The molecular weight excluding hydrogens is 210 g/mol. The van der Waals surface area contributed by atoms with Crippen LogP contribution >= 0.6 is 11.6 Å². The molecule has 1 aliphatic rings. The van der Waals surface area contributed by atoms with Gasteiger partial charge in [-0.2, -0.15) is 5.26 Å². The van der Waals surface area contributed by atoms with Crippen LogP contribution in [0.2, 0.25) is 5.15 Å². The van der Waals surface area contributed by atoms with Gasteiger partial charge in [0.15, 0.2) is 0 Å². The van der Waals surface area contributed by atoms with E-state index >= 15 is 0 Å². The summed E-state index contributed by atoms with van der Waals surface area (Å²) >= 11 is 5.93. The van der Waals surface area contributed by atoms with Gasteiger partial charge in [0.2, 0.25) is 0 Å². The summed E-state index contributed by atoms with van der Waals surface area (Å²) in [5.74, 6) is 0. The molecule has 0 radical (unpaired) electrons. The molecule has 0 unspecified atom stereocenters. The van der Waals surface area contributed by atoms with Gasteiger partial charge in [-0.3, -0.25) is 0 Å². The van der Waals surface area contributed by atoms with Crippen LogP contribution in [0.5, 0.6) is 0 Å². The van der Waals surface area contributed by atoms with Gasteiger partial charge in [-0.1, -0.05) is 11.6 Å². The molecule has 0 saturated carbocycles. The average molecular weight is 222 g/mol. The van der Waals surface area contributed by atoms with Gasteiger partial charge in [-0.05, 0) is 31.9 Å². The van der Waals surface area contributed by atoms with E-state index in [1.165, 1.54) is 0 Å². The monoisotopic (exact) mass is 221 g/mol. The Balaban J connectivity index is 2.61. The molecule has 78 valence electrons. The van der Waals surface area contributed by atoms with E-state index < -0.39 is 0 Å². The first-order valence-corrected chi connectivity index (χ1v) is 5.27. The van der Waals surface area contributed by atoms with Crippen LogP contribution in [0.15, 0.2) is 6.07 Å². The van der Waals surface area contributed by atoms with Crippen molar-refractivity contribution in [3.63, 3.8) is 0 Å². The molecule has 0 spiro atoms. The number of rotatable bonds is 0. The maximum absolute atomic E-state index is 8.86. The van der Waals surface area contributed by atoms with Crippen molar-refractivity contribution < 1.29 is 0 Å². The largest absolute Gasteiger partial charge is 0.306 e. The Morgan fingerprint density at radius 2 is 2.33 bits per heavy atom. The summed E-state index contributed by atoms with van der Waals surface area (Å²) in [6.45, 7) is 5.05. The second kappa shape index (κ2) is 3.48. The Morgan fingerprint density at radius 1 is 1.60 bits per heavy atom. The van der Waals surface area contributed by atoms with Gasteiger partial charge in [-0.15, -0.1) is 0 Å². The van der Waals surface area contributed by atoms with Gasteiger partial charge in [-0.25, -0.2) is 4.98 Å². The first-order valence-electron chi connectivity index (χ1n) is 4.89. The number of fused-ring (bicyclic) bond motifs is 1. The molecule has 0 aliphatic carbocycles. The summed E-state index contributed by atoms with van der Waals surface area (Å²) in [4.78, 5) is 4.32. The lowest BCUT2D eigenvalue weighted by molar-refractivity contribution is 0.370. The second-order valence-electron chi connectivity index (χ2n) is 4.25. The van der Waals surface area contributed by atoms with E-state index in [1.807, 2.05) is 6.07 Å². The number of pyridine rings is 1. The fraction of sp³-hybridized carbons (Fsp3) is 0.455. The Morgan fingerprint density at radius 3 is 3.00 bits per heavy atom. The molecule has 1 N–H and O–H groups in total. The van der Waals surface area contributed by atoms with Crippen LogP contribution in [-0.2, 0) is 12.0 Å². The van der Waals surface area contributed by atoms with Gasteiger partial charge in [0.05, 0.1) is 16.8 Å². The van der Waals surface area contributed by atoms with Crippen LogP contribution in [0.25, 0.3) is 0 Å². The summed E-state index contributed by atoms with van der Waals surface area (Å²) in [7, 11) is 0. The molecule has 0 amide bonds. The molecule has 3 nitrogen and oxygen atoms in total. The predicted octanol–water partition coefficient (Wildman–Crippen LogP) is 1.99. The topological polar surface area (TPSA) is 48.7 Å². The molecule has 1 aromatic heterocycles. The van der Waals surface area contributed by atoms with E-state index in [4.69, 9.17) is 16.9 Å². The Hall–Kier alpha value is -1.11. The minimum absolute atomic E-state index is 0.161. The summed E-state index contributed by atoms with van der Waals surface area (Å²) in [5, 5.41) is 12.5. The maximum Gasteiger partial charge on any atom is 0.147 e. The quantitative estimate of drug-likeness (QED) is 0.682. The van der Waals surface area contributed by atoms with Crippen molar-refractivity contribution in [1.29, 1.82) is 5.26 Å². The fourth-order valence-electron chi connectivity index (χ4n) is 1.94. The molecule has 2 heterocycles. The summed E-state index contributed by atoms with van der Waals surface area (Å²) in [6, 6.07) is 3.91. The third-order valence-electron chi connectivity index (χ3n) is 2.73. The van der Waals surface area contributed by atoms with Gasteiger partial charge in [0.25, 0.3) is 0 Å². The van der Waals surface area contributed by atoms with E-state index in [0.29, 0.717) is 10.7 Å². The molecular formula is C11H12ClN3. The lowest BCUT2D eigenvalue weighted by Crippen LogP contribution is -2.43. The van der Waals surface area contributed by atoms with Crippen LogP contribution in [0.1, 0.15) is 30.7 Å². The number of hydrogen-bond acceptors (Lipinski definition) is 3. The van der Waals surface area contributed by atoms with Crippen LogP contribution in [-0.4, -0.2) is 11.5 Å². The minimum atomic E-state index is -0.161. The van der Waals surface area contributed by atoms with Crippen LogP contribution < -0.4 is 5.32 Å². The van der Waals surface area contributed by atoms with Crippen molar-refractivity contribution in [3.8, 4) is 6.07 Å². The maximum atomic E-state index is 8.86. The van der Waals surface area contributed by atoms with Crippen LogP contribution in [0, 0.1) is 11.3 Å². The zero-order chi connectivity index (χ0) is 11.1. The molecule has 0 atom stereocenters. The van der Waals surface area contributed by atoms with Crippen molar-refractivity contribution in [2.45, 2.75) is 25.8 Å². The third kappa shape index (κ3) is 1.71. The Bertz CT molecular complexity index is 446. The molecule has 1 aromatic rings. The highest BCUT2D eigenvalue weighted by Crippen LogP contribution is 2.29. The molecule has 1 aliphatic heterocycles. The van der Waals surface area contributed by atoms with Crippen LogP contribution in [0.4, 0.5) is 0 Å². The normalized spacial score (nSPS) is 18.0. The molecule has 2 rings (SSSR count). The minimum Gasteiger partial charge on any atom is -0.306 e. The SMILES string of the molecule is CC1(C)NCCc2cc(C#N)c(Cl)nc21. The van der Waals surface area contributed by atoms with E-state index in [-0.39, 0.29) is 5.54 Å². The molecule has 4 heteroatoms. The average Bonchev–Trinajstić information content (AvgIpc) is 2.18. The van der Waals surface area contributed by atoms with E-state index in [9.17, 15) is 0 Å². The predicted molar refractivity (Wildman–Crippen MR) is 58.7 cm³/mol. The highest BCUT2D eigenvalue weighted by molar-refractivity contribution is 6.30. The lowest BCUT2D eigenvalue weighted by Gasteiger charge is -2.32. The van der Waals surface area contributed by atoms with Gasteiger partial charge >= 0.3 is 0 Å². The van der Waals surface area contributed by atoms with Crippen molar-refractivity contribution in [1.82, 2.24) is 10.3 Å². The smallest absolute Gasteiger partial charge is 0.147 e. The summed E-state index contributed by atoms with van der Waals surface area (Å²) in [6.07, 6.45) is 0.900. The second-order valence-corrected chi connectivity index (χ2v) is 4.61. The molecule has 0 bridgehead atoms. The van der Waals surface area contributed by atoms with E-state index in [1.54, 1.807) is 0 Å². The molecule has 15 heavy (non-hydrogen) atoms. The van der Waals surface area contributed by atoms with Gasteiger partial charge < -0.3 is 5.32 Å². The highest BCUT2D eigenvalue weighted by atomic mass is 35.5. The highest BCUT2D eigenvalue weighted by Gasteiger charge is 2.29. The standard InChI is InChI=1S/C11H12ClN3/c1-11(2)9-7(3-4-14-11)5-8(6-13)10(12)15-9/h5,14H,3-4H2,1-2H3. The van der Waals surface area contributed by atoms with Crippen LogP contribution in [0.3, 0.4) is 0 Å². The molecule has 0 aromatic carbocycles. The van der Waals surface area contributed by atoms with Crippen molar-refractivity contribution >= 4 is 11.6 Å². The number of nitriles is 1. The summed E-state index contributed by atoms with van der Waals surface area (Å²) in [5.41, 5.74) is 2.39. The molecule has 0 fully saturated rings. The zero-order valence-electron chi connectivity index (χ0n) is 8.76. The van der Waals surface area contributed by atoms with Crippen molar-refractivity contribution in [2.75, 3.05) is 6.54 Å². The van der Waals surface area contributed by atoms with Gasteiger partial charge in [0, 0.05) is 6.54 Å². The first kappa shape index (κ1) is 10.4. The number of halogens is 1. The third-order valence-corrected chi connectivity index (χ3v) is 3.02. The number of nitrogens with one attached hydrogen (secondary N) is 1. The van der Waals surface area contributed by atoms with Gasteiger partial charge in [0.1, 0.15) is 11.2 Å². The van der Waals surface area contributed by atoms with E-state index in [2.05, 4.69) is 30.2 Å². The van der Waals surface area contributed by atoms with Crippen molar-refractivity contribution in [2.24, 2.45) is 0 Å². The lowest BCUT2D eigenvalue weighted by atomic mass is 9.89. The first-order chi connectivity index (χ1) is 7.04. The Kier molecular flexibility index (Phi) is 2.41. The number of hydrogen-bond donors (Lipinski definition) is 1. The number of nitrogens with zero attached hydrogens (tertiary/aromatic N) is 2. The zero-order valence-corrected chi connectivity index (χ0v) is 9.52. The fourth-order valence-corrected chi connectivity index (χ4v) is 2.12. The van der Waals surface area contributed by atoms with E-state index in [0.717, 1.165) is 24.2 Å². The van der Waals surface area contributed by atoms with Crippen molar-refractivity contribution in [3.05, 3.63) is 28.0 Å². The Labute approximate surface area is 94.1 Å².